The molecule has 5 nitrogen and oxygen atoms in total. The summed E-state index contributed by atoms with van der Waals surface area (Å²) in [5.41, 5.74) is -0.0649. The van der Waals surface area contributed by atoms with E-state index in [0.29, 0.717) is 12.4 Å². The predicted octanol–water partition coefficient (Wildman–Crippen LogP) is 2.44. The summed E-state index contributed by atoms with van der Waals surface area (Å²) in [6.45, 7) is 8.63. The van der Waals surface area contributed by atoms with Gasteiger partial charge in [0.25, 0.3) is 0 Å². The molecule has 102 valence electrons. The van der Waals surface area contributed by atoms with Crippen molar-refractivity contribution in [2.75, 3.05) is 13.6 Å². The number of aliphatic carboxylic acids is 1. The van der Waals surface area contributed by atoms with Crippen LogP contribution in [0.25, 0.3) is 0 Å². The molecule has 0 aliphatic rings. The van der Waals surface area contributed by atoms with E-state index in [1.54, 1.807) is 6.20 Å². The van der Waals surface area contributed by atoms with Crippen molar-refractivity contribution in [1.82, 2.24) is 9.88 Å². The van der Waals surface area contributed by atoms with Gasteiger partial charge in [0, 0.05) is 12.0 Å². The van der Waals surface area contributed by atoms with Crippen molar-refractivity contribution in [3.05, 3.63) is 17.8 Å². The van der Waals surface area contributed by atoms with Crippen LogP contribution in [-0.2, 0) is 10.2 Å². The van der Waals surface area contributed by atoms with Crippen molar-refractivity contribution in [1.29, 1.82) is 0 Å². The number of nitrogens with zero attached hydrogens (tertiary/aromatic N) is 2. The van der Waals surface area contributed by atoms with Crippen LogP contribution in [0, 0.1) is 0 Å². The van der Waals surface area contributed by atoms with Gasteiger partial charge in [-0.05, 0) is 14.0 Å². The Labute approximate surface area is 108 Å². The maximum absolute atomic E-state index is 10.5. The first-order chi connectivity index (χ1) is 8.21. The maximum atomic E-state index is 10.5. The molecule has 0 fully saturated rings. The van der Waals surface area contributed by atoms with E-state index in [2.05, 4.69) is 25.8 Å². The molecule has 5 heteroatoms. The number of carbonyl (C=O) groups is 1. The van der Waals surface area contributed by atoms with Gasteiger partial charge in [-0.3, -0.25) is 9.69 Å². The van der Waals surface area contributed by atoms with Gasteiger partial charge in [0.1, 0.15) is 5.76 Å². The van der Waals surface area contributed by atoms with Crippen LogP contribution in [0.1, 0.15) is 51.8 Å². The van der Waals surface area contributed by atoms with Gasteiger partial charge in [-0.2, -0.15) is 0 Å². The van der Waals surface area contributed by atoms with Gasteiger partial charge in [-0.1, -0.05) is 20.8 Å². The summed E-state index contributed by atoms with van der Waals surface area (Å²) in [7, 11) is 1.87. The minimum absolute atomic E-state index is 0.0274. The highest BCUT2D eigenvalue weighted by Gasteiger charge is 2.23. The van der Waals surface area contributed by atoms with E-state index < -0.39 is 5.97 Å². The molecule has 0 aliphatic heterocycles. The molecule has 1 rings (SSSR count). The first-order valence-corrected chi connectivity index (χ1v) is 6.10. The smallest absolute Gasteiger partial charge is 0.304 e. The van der Waals surface area contributed by atoms with Crippen LogP contribution in [0.2, 0.25) is 0 Å². The van der Waals surface area contributed by atoms with E-state index in [1.807, 2.05) is 18.9 Å². The number of rotatable bonds is 5. The van der Waals surface area contributed by atoms with Crippen LogP contribution < -0.4 is 0 Å². The molecule has 0 saturated heterocycles. The summed E-state index contributed by atoms with van der Waals surface area (Å²) in [5.74, 6) is 0.681. The molecule has 1 heterocycles. The van der Waals surface area contributed by atoms with Gasteiger partial charge in [-0.25, -0.2) is 4.98 Å². The molecule has 18 heavy (non-hydrogen) atoms. The Morgan fingerprint density at radius 1 is 1.56 bits per heavy atom. The molecule has 0 bridgehead atoms. The molecule has 1 unspecified atom stereocenters. The lowest BCUT2D eigenvalue weighted by Crippen LogP contribution is -2.25. The fourth-order valence-corrected chi connectivity index (χ4v) is 1.48. The number of oxazole rings is 1. The number of carboxylic acid groups (broad SMARTS) is 1. The fraction of sp³-hybridized carbons (Fsp3) is 0.692. The van der Waals surface area contributed by atoms with Gasteiger partial charge in [0.15, 0.2) is 0 Å². The van der Waals surface area contributed by atoms with Gasteiger partial charge in [0.2, 0.25) is 5.89 Å². The molecule has 0 radical (unpaired) electrons. The van der Waals surface area contributed by atoms with E-state index in [1.165, 1.54) is 0 Å². The van der Waals surface area contributed by atoms with Crippen molar-refractivity contribution in [3.63, 3.8) is 0 Å². The first-order valence-electron chi connectivity index (χ1n) is 6.10. The number of hydrogen-bond donors (Lipinski definition) is 1. The Morgan fingerprint density at radius 3 is 2.61 bits per heavy atom. The quantitative estimate of drug-likeness (QED) is 0.874. The molecule has 0 spiro atoms. The van der Waals surface area contributed by atoms with Crippen LogP contribution in [0.3, 0.4) is 0 Å². The zero-order chi connectivity index (χ0) is 13.9. The van der Waals surface area contributed by atoms with Crippen molar-refractivity contribution >= 4 is 5.97 Å². The van der Waals surface area contributed by atoms with E-state index >= 15 is 0 Å². The maximum Gasteiger partial charge on any atom is 0.304 e. The minimum atomic E-state index is -0.795. The van der Waals surface area contributed by atoms with E-state index in [0.717, 1.165) is 5.76 Å². The second-order valence-corrected chi connectivity index (χ2v) is 5.61. The highest BCUT2D eigenvalue weighted by atomic mass is 16.4. The molecular weight excluding hydrogens is 232 g/mol. The Bertz CT molecular complexity index is 407. The van der Waals surface area contributed by atoms with Crippen LogP contribution in [-0.4, -0.2) is 34.6 Å². The van der Waals surface area contributed by atoms with Crippen LogP contribution >= 0.6 is 0 Å². The Kier molecular flexibility index (Phi) is 4.51. The van der Waals surface area contributed by atoms with Crippen molar-refractivity contribution in [2.45, 2.75) is 45.6 Å². The summed E-state index contributed by atoms with van der Waals surface area (Å²) in [6, 6.07) is -0.0274. The lowest BCUT2D eigenvalue weighted by atomic mass is 9.94. The van der Waals surface area contributed by atoms with Crippen molar-refractivity contribution in [2.24, 2.45) is 0 Å². The molecule has 0 aromatic carbocycles. The molecular formula is C13H22N2O3. The highest BCUT2D eigenvalue weighted by molar-refractivity contribution is 5.66. The average molecular weight is 254 g/mol. The van der Waals surface area contributed by atoms with E-state index in [-0.39, 0.29) is 17.9 Å². The summed E-state index contributed by atoms with van der Waals surface area (Å²) < 4.78 is 5.74. The summed E-state index contributed by atoms with van der Waals surface area (Å²) >= 11 is 0. The fourth-order valence-electron chi connectivity index (χ4n) is 1.48. The van der Waals surface area contributed by atoms with Crippen LogP contribution in [0.15, 0.2) is 10.6 Å². The largest absolute Gasteiger partial charge is 0.481 e. The van der Waals surface area contributed by atoms with E-state index in [9.17, 15) is 4.79 Å². The molecule has 1 aromatic heterocycles. The third-order valence-corrected chi connectivity index (χ3v) is 2.96. The van der Waals surface area contributed by atoms with Crippen molar-refractivity contribution < 1.29 is 14.3 Å². The topological polar surface area (TPSA) is 66.6 Å². The molecule has 1 atom stereocenters. The first kappa shape index (κ1) is 14.7. The molecule has 1 N–H and O–H groups in total. The number of hydrogen-bond acceptors (Lipinski definition) is 4. The Balaban J connectivity index is 2.69. The lowest BCUT2D eigenvalue weighted by Gasteiger charge is -2.21. The third-order valence-electron chi connectivity index (χ3n) is 2.96. The summed E-state index contributed by atoms with van der Waals surface area (Å²) in [4.78, 5) is 16.7. The SMILES string of the molecule is CC(c1ncc(C(C)(C)C)o1)N(C)CCC(=O)O. The number of aromatic nitrogens is 1. The van der Waals surface area contributed by atoms with Gasteiger partial charge in [-0.15, -0.1) is 0 Å². The standard InChI is InChI=1S/C13H22N2O3/c1-9(15(5)7-6-11(16)17)12-14-8-10(18-12)13(2,3)4/h8-9H,6-7H2,1-5H3,(H,16,17). The zero-order valence-electron chi connectivity index (χ0n) is 11.7. The van der Waals surface area contributed by atoms with Gasteiger partial charge < -0.3 is 9.52 Å². The van der Waals surface area contributed by atoms with Gasteiger partial charge in [0.05, 0.1) is 18.7 Å². The molecule has 0 saturated carbocycles. The van der Waals surface area contributed by atoms with Gasteiger partial charge >= 0.3 is 5.97 Å². The summed E-state index contributed by atoms with van der Waals surface area (Å²) in [5, 5.41) is 8.66. The zero-order valence-corrected chi connectivity index (χ0v) is 11.7. The van der Waals surface area contributed by atoms with Crippen LogP contribution in [0.5, 0.6) is 0 Å². The molecule has 0 amide bonds. The average Bonchev–Trinajstić information content (AvgIpc) is 2.73. The van der Waals surface area contributed by atoms with E-state index in [4.69, 9.17) is 9.52 Å². The summed E-state index contributed by atoms with van der Waals surface area (Å²) in [6.07, 6.45) is 1.87. The lowest BCUT2D eigenvalue weighted by molar-refractivity contribution is -0.137. The van der Waals surface area contributed by atoms with Crippen LogP contribution in [0.4, 0.5) is 0 Å². The third kappa shape index (κ3) is 3.84. The normalized spacial score (nSPS) is 13.9. The number of carboxylic acids is 1. The highest BCUT2D eigenvalue weighted by Crippen LogP contribution is 2.26. The molecule has 0 aliphatic carbocycles. The Hall–Kier alpha value is -1.36. The predicted molar refractivity (Wildman–Crippen MR) is 68.5 cm³/mol. The monoisotopic (exact) mass is 254 g/mol. The second kappa shape index (κ2) is 5.52. The van der Waals surface area contributed by atoms with Crippen molar-refractivity contribution in [3.8, 4) is 0 Å². The second-order valence-electron chi connectivity index (χ2n) is 5.61. The molecule has 1 aromatic rings. The Morgan fingerprint density at radius 2 is 2.17 bits per heavy atom. The minimum Gasteiger partial charge on any atom is -0.481 e.